The van der Waals surface area contributed by atoms with E-state index < -0.39 is 5.97 Å². The number of rotatable bonds is 4. The molecule has 2 rings (SSSR count). The molecule has 0 unspecified atom stereocenters. The summed E-state index contributed by atoms with van der Waals surface area (Å²) in [6.07, 6.45) is 2.72. The van der Waals surface area contributed by atoms with Crippen LogP contribution >= 0.6 is 15.9 Å². The summed E-state index contributed by atoms with van der Waals surface area (Å²) in [4.78, 5) is 20.5. The van der Waals surface area contributed by atoms with Gasteiger partial charge in [0.25, 0.3) is 0 Å². The minimum absolute atomic E-state index is 0.0548. The van der Waals surface area contributed by atoms with Gasteiger partial charge in [-0.3, -0.25) is 0 Å². The highest BCUT2D eigenvalue weighted by Gasteiger charge is 2.08. The molecule has 0 saturated carbocycles. The highest BCUT2D eigenvalue weighted by Crippen LogP contribution is 2.14. The van der Waals surface area contributed by atoms with E-state index in [4.69, 9.17) is 5.11 Å². The number of carbonyl (C=O) groups is 1. The molecule has 0 aliphatic heterocycles. The second-order valence-electron chi connectivity index (χ2n) is 4.05. The Kier molecular flexibility index (Phi) is 4.11. The van der Waals surface area contributed by atoms with Gasteiger partial charge in [-0.2, -0.15) is 0 Å². The molecule has 1 N–H and O–H groups in total. The molecule has 1 heterocycles. The van der Waals surface area contributed by atoms with E-state index in [0.29, 0.717) is 12.4 Å². The maximum absolute atomic E-state index is 10.7. The van der Waals surface area contributed by atoms with E-state index in [1.807, 2.05) is 36.2 Å². The molecular weight excluding hydrogens is 310 g/mol. The van der Waals surface area contributed by atoms with Crippen LogP contribution in [0.3, 0.4) is 0 Å². The predicted molar refractivity (Wildman–Crippen MR) is 75.2 cm³/mol. The van der Waals surface area contributed by atoms with Crippen molar-refractivity contribution in [3.05, 3.63) is 52.4 Å². The first kappa shape index (κ1) is 13.5. The van der Waals surface area contributed by atoms with Crippen LogP contribution in [0.2, 0.25) is 0 Å². The van der Waals surface area contributed by atoms with Gasteiger partial charge in [0.05, 0.1) is 12.4 Å². The Morgan fingerprint density at radius 2 is 1.95 bits per heavy atom. The zero-order valence-corrected chi connectivity index (χ0v) is 11.8. The number of carboxylic acid groups (broad SMARTS) is 1. The van der Waals surface area contributed by atoms with Crippen LogP contribution in [0, 0.1) is 0 Å². The normalized spacial score (nSPS) is 10.2. The minimum atomic E-state index is -1.07. The first-order valence-electron chi connectivity index (χ1n) is 5.57. The predicted octanol–water partition coefficient (Wildman–Crippen LogP) is 2.57. The molecule has 0 fully saturated rings. The standard InChI is InChI=1S/C13H12BrN3O2/c1-17(8-9-2-4-10(14)5-3-9)12-7-15-11(6-16-12)13(18)19/h2-7H,8H2,1H3,(H,18,19). The van der Waals surface area contributed by atoms with Crippen LogP contribution in [0.1, 0.15) is 16.1 Å². The summed E-state index contributed by atoms with van der Waals surface area (Å²) < 4.78 is 1.03. The lowest BCUT2D eigenvalue weighted by Gasteiger charge is -2.17. The number of hydrogen-bond donors (Lipinski definition) is 1. The Hall–Kier alpha value is -1.95. The smallest absolute Gasteiger partial charge is 0.356 e. The SMILES string of the molecule is CN(Cc1ccc(Br)cc1)c1cnc(C(=O)O)cn1. The van der Waals surface area contributed by atoms with Crippen molar-refractivity contribution in [3.63, 3.8) is 0 Å². The van der Waals surface area contributed by atoms with Crippen LogP contribution in [-0.2, 0) is 6.54 Å². The first-order chi connectivity index (χ1) is 9.06. The zero-order valence-electron chi connectivity index (χ0n) is 10.2. The van der Waals surface area contributed by atoms with Crippen LogP contribution in [0.5, 0.6) is 0 Å². The van der Waals surface area contributed by atoms with Gasteiger partial charge >= 0.3 is 5.97 Å². The summed E-state index contributed by atoms with van der Waals surface area (Å²) in [5.41, 5.74) is 1.08. The molecular formula is C13H12BrN3O2. The van der Waals surface area contributed by atoms with Crippen molar-refractivity contribution in [1.82, 2.24) is 9.97 Å². The number of nitrogens with zero attached hydrogens (tertiary/aromatic N) is 3. The molecule has 98 valence electrons. The van der Waals surface area contributed by atoms with Gasteiger partial charge in [0.15, 0.2) is 5.69 Å². The first-order valence-corrected chi connectivity index (χ1v) is 6.36. The quantitative estimate of drug-likeness (QED) is 0.937. The fraction of sp³-hybridized carbons (Fsp3) is 0.154. The second-order valence-corrected chi connectivity index (χ2v) is 4.96. The number of hydrogen-bond acceptors (Lipinski definition) is 4. The minimum Gasteiger partial charge on any atom is -0.476 e. The third kappa shape index (κ3) is 3.51. The van der Waals surface area contributed by atoms with Crippen molar-refractivity contribution in [2.75, 3.05) is 11.9 Å². The van der Waals surface area contributed by atoms with E-state index in [1.165, 1.54) is 12.4 Å². The largest absolute Gasteiger partial charge is 0.476 e. The number of anilines is 1. The molecule has 5 nitrogen and oxygen atoms in total. The summed E-state index contributed by atoms with van der Waals surface area (Å²) in [5, 5.41) is 8.75. The fourth-order valence-corrected chi connectivity index (χ4v) is 1.84. The van der Waals surface area contributed by atoms with Crippen LogP contribution in [-0.4, -0.2) is 28.1 Å². The Labute approximate surface area is 119 Å². The Balaban J connectivity index is 2.09. The van der Waals surface area contributed by atoms with Gasteiger partial charge in [-0.15, -0.1) is 0 Å². The van der Waals surface area contributed by atoms with Crippen molar-refractivity contribution in [3.8, 4) is 0 Å². The highest BCUT2D eigenvalue weighted by molar-refractivity contribution is 9.10. The summed E-state index contributed by atoms with van der Waals surface area (Å²) in [5.74, 6) is -0.442. The number of aromatic carboxylic acids is 1. The number of aromatic nitrogens is 2. The number of benzene rings is 1. The topological polar surface area (TPSA) is 66.3 Å². The molecule has 0 aliphatic rings. The highest BCUT2D eigenvalue weighted by atomic mass is 79.9. The van der Waals surface area contributed by atoms with E-state index in [0.717, 1.165) is 10.0 Å². The van der Waals surface area contributed by atoms with Gasteiger partial charge < -0.3 is 10.0 Å². The molecule has 6 heteroatoms. The monoisotopic (exact) mass is 321 g/mol. The van der Waals surface area contributed by atoms with E-state index in [1.54, 1.807) is 0 Å². The molecule has 0 bridgehead atoms. The summed E-state index contributed by atoms with van der Waals surface area (Å²) >= 11 is 3.39. The van der Waals surface area contributed by atoms with Gasteiger partial charge in [0, 0.05) is 18.1 Å². The fourth-order valence-electron chi connectivity index (χ4n) is 1.57. The molecule has 0 amide bonds. The van der Waals surface area contributed by atoms with Gasteiger partial charge in [-0.05, 0) is 17.7 Å². The lowest BCUT2D eigenvalue weighted by atomic mass is 10.2. The molecule has 2 aromatic rings. The van der Waals surface area contributed by atoms with Crippen molar-refractivity contribution in [2.24, 2.45) is 0 Å². The molecule has 0 saturated heterocycles. The summed E-state index contributed by atoms with van der Waals surface area (Å²) in [6, 6.07) is 7.98. The Morgan fingerprint density at radius 3 is 2.47 bits per heavy atom. The lowest BCUT2D eigenvalue weighted by Crippen LogP contribution is -2.18. The molecule has 0 atom stereocenters. The third-order valence-corrected chi connectivity index (χ3v) is 3.11. The van der Waals surface area contributed by atoms with E-state index >= 15 is 0 Å². The lowest BCUT2D eigenvalue weighted by molar-refractivity contribution is 0.0690. The van der Waals surface area contributed by atoms with Crippen molar-refractivity contribution in [1.29, 1.82) is 0 Å². The van der Waals surface area contributed by atoms with Gasteiger partial charge in [0.1, 0.15) is 5.82 Å². The molecule has 1 aromatic heterocycles. The second kappa shape index (κ2) is 5.79. The molecule has 0 aliphatic carbocycles. The number of carboxylic acids is 1. The van der Waals surface area contributed by atoms with E-state index in [9.17, 15) is 4.79 Å². The van der Waals surface area contributed by atoms with E-state index in [-0.39, 0.29) is 5.69 Å². The number of halogens is 1. The van der Waals surface area contributed by atoms with Crippen LogP contribution in [0.25, 0.3) is 0 Å². The van der Waals surface area contributed by atoms with Crippen LogP contribution in [0.4, 0.5) is 5.82 Å². The van der Waals surface area contributed by atoms with Crippen molar-refractivity contribution >= 4 is 27.7 Å². The van der Waals surface area contributed by atoms with Crippen LogP contribution < -0.4 is 4.90 Å². The van der Waals surface area contributed by atoms with Crippen LogP contribution in [0.15, 0.2) is 41.1 Å². The molecule has 0 radical (unpaired) electrons. The van der Waals surface area contributed by atoms with Crippen molar-refractivity contribution < 1.29 is 9.90 Å². The average Bonchev–Trinajstić information content (AvgIpc) is 2.41. The molecule has 19 heavy (non-hydrogen) atoms. The maximum atomic E-state index is 10.7. The summed E-state index contributed by atoms with van der Waals surface area (Å²) in [7, 11) is 1.88. The Bertz CT molecular complexity index is 569. The third-order valence-electron chi connectivity index (χ3n) is 2.58. The zero-order chi connectivity index (χ0) is 13.8. The maximum Gasteiger partial charge on any atom is 0.356 e. The Morgan fingerprint density at radius 1 is 1.26 bits per heavy atom. The van der Waals surface area contributed by atoms with Gasteiger partial charge in [-0.1, -0.05) is 28.1 Å². The van der Waals surface area contributed by atoms with Crippen molar-refractivity contribution in [2.45, 2.75) is 6.54 Å². The van der Waals surface area contributed by atoms with Gasteiger partial charge in [0.2, 0.25) is 0 Å². The van der Waals surface area contributed by atoms with E-state index in [2.05, 4.69) is 25.9 Å². The molecule has 1 aromatic carbocycles. The molecule has 0 spiro atoms. The summed E-state index contributed by atoms with van der Waals surface area (Å²) in [6.45, 7) is 0.675. The average molecular weight is 322 g/mol. The van der Waals surface area contributed by atoms with Gasteiger partial charge in [-0.25, -0.2) is 14.8 Å².